The van der Waals surface area contributed by atoms with Gasteiger partial charge in [-0.25, -0.2) is 0 Å². The van der Waals surface area contributed by atoms with E-state index in [2.05, 4.69) is 13.0 Å². The smallest absolute Gasteiger partial charge is 0.0133 e. The molecular weight excluding hydrogens is 132 g/mol. The van der Waals surface area contributed by atoms with Gasteiger partial charge in [-0.2, -0.15) is 0 Å². The topological polar surface area (TPSA) is 0 Å². The van der Waals surface area contributed by atoms with Gasteiger partial charge < -0.3 is 0 Å². The van der Waals surface area contributed by atoms with Crippen molar-refractivity contribution < 1.29 is 0 Å². The second kappa shape index (κ2) is 1.91. The average Bonchev–Trinajstić information content (AvgIpc) is 2.57. The van der Waals surface area contributed by atoms with Crippen molar-refractivity contribution in [2.45, 2.75) is 32.6 Å². The third-order valence-electron chi connectivity index (χ3n) is 4.20. The van der Waals surface area contributed by atoms with E-state index in [4.69, 9.17) is 0 Å². The Morgan fingerprint density at radius 2 is 2.00 bits per heavy atom. The summed E-state index contributed by atoms with van der Waals surface area (Å²) in [4.78, 5) is 0. The van der Waals surface area contributed by atoms with Crippen molar-refractivity contribution in [2.24, 2.45) is 23.7 Å². The summed E-state index contributed by atoms with van der Waals surface area (Å²) in [6.07, 6.45) is 8.43. The van der Waals surface area contributed by atoms with Crippen LogP contribution in [0.1, 0.15) is 32.6 Å². The highest BCUT2D eigenvalue weighted by molar-refractivity contribution is 5.26. The van der Waals surface area contributed by atoms with Crippen LogP contribution in [0.15, 0.2) is 11.6 Å². The molecule has 0 saturated heterocycles. The normalized spacial score (nSPS) is 48.1. The number of rotatable bonds is 2. The van der Waals surface area contributed by atoms with Gasteiger partial charge in [-0.1, -0.05) is 18.6 Å². The van der Waals surface area contributed by atoms with Gasteiger partial charge in [0.2, 0.25) is 0 Å². The molecule has 0 nitrogen and oxygen atoms in total. The van der Waals surface area contributed by atoms with Crippen LogP contribution < -0.4 is 0 Å². The second-order valence-corrected chi connectivity index (χ2v) is 4.68. The first-order valence-corrected chi connectivity index (χ1v) is 5.05. The van der Waals surface area contributed by atoms with E-state index >= 15 is 0 Å². The molecule has 0 N–H and O–H groups in total. The number of hydrogen-bond acceptors (Lipinski definition) is 0. The van der Waals surface area contributed by atoms with Crippen LogP contribution in [0.25, 0.3) is 0 Å². The lowest BCUT2D eigenvalue weighted by Gasteiger charge is -2.39. The molecule has 0 aliphatic heterocycles. The Morgan fingerprint density at radius 1 is 1.36 bits per heavy atom. The zero-order valence-corrected chi connectivity index (χ0v) is 7.22. The van der Waals surface area contributed by atoms with Gasteiger partial charge in [0, 0.05) is 0 Å². The number of allylic oxidation sites excluding steroid dienone is 2. The molecule has 11 heavy (non-hydrogen) atoms. The largest absolute Gasteiger partial charge is 0.0807 e. The van der Waals surface area contributed by atoms with Crippen LogP contribution in [0.3, 0.4) is 0 Å². The molecule has 0 radical (unpaired) electrons. The van der Waals surface area contributed by atoms with Gasteiger partial charge in [-0.3, -0.25) is 0 Å². The van der Waals surface area contributed by atoms with E-state index in [1.807, 2.05) is 0 Å². The van der Waals surface area contributed by atoms with Crippen molar-refractivity contribution in [2.75, 3.05) is 0 Å². The lowest BCUT2D eigenvalue weighted by molar-refractivity contribution is 0.114. The van der Waals surface area contributed by atoms with Crippen LogP contribution in [0.4, 0.5) is 0 Å². The molecule has 0 heteroatoms. The minimum atomic E-state index is 0.959. The molecule has 3 atom stereocenters. The van der Waals surface area contributed by atoms with E-state index < -0.39 is 0 Å². The standard InChI is InChI=1S/C11H16/c1-7(8-2-3-8)11-9-4-5-10(11)6-9/h2,7,9-11H,3-6H2,1H3. The Bertz CT molecular complexity index is 200. The first kappa shape index (κ1) is 6.28. The summed E-state index contributed by atoms with van der Waals surface area (Å²) < 4.78 is 0. The molecule has 0 aromatic rings. The molecule has 0 heterocycles. The fourth-order valence-electron chi connectivity index (χ4n) is 3.44. The minimum absolute atomic E-state index is 0.959. The van der Waals surface area contributed by atoms with Gasteiger partial charge in [0.25, 0.3) is 0 Å². The first-order chi connectivity index (χ1) is 5.36. The highest BCUT2D eigenvalue weighted by Gasteiger charge is 2.49. The van der Waals surface area contributed by atoms with E-state index in [0.717, 1.165) is 23.7 Å². The van der Waals surface area contributed by atoms with Gasteiger partial charge in [0.1, 0.15) is 0 Å². The quantitative estimate of drug-likeness (QED) is 0.528. The minimum Gasteiger partial charge on any atom is -0.0807 e. The molecule has 4 rings (SSSR count). The fourth-order valence-corrected chi connectivity index (χ4v) is 3.44. The van der Waals surface area contributed by atoms with Gasteiger partial charge in [0.15, 0.2) is 0 Å². The van der Waals surface area contributed by atoms with Crippen LogP contribution in [0, 0.1) is 23.7 Å². The summed E-state index contributed by atoms with van der Waals surface area (Å²) in [5.41, 5.74) is 1.77. The van der Waals surface area contributed by atoms with Crippen molar-refractivity contribution in [3.8, 4) is 0 Å². The van der Waals surface area contributed by atoms with E-state index in [0.29, 0.717) is 0 Å². The molecule has 0 aromatic heterocycles. The molecule has 2 bridgehead atoms. The van der Waals surface area contributed by atoms with Gasteiger partial charge in [-0.05, 0) is 49.4 Å². The lowest BCUT2D eigenvalue weighted by Crippen LogP contribution is -2.33. The summed E-state index contributed by atoms with van der Waals surface area (Å²) in [5.74, 6) is 4.35. The fraction of sp³-hybridized carbons (Fsp3) is 0.818. The van der Waals surface area contributed by atoms with Gasteiger partial charge in [0.05, 0.1) is 0 Å². The third kappa shape index (κ3) is 0.758. The second-order valence-electron chi connectivity index (χ2n) is 4.68. The molecule has 4 aliphatic carbocycles. The lowest BCUT2D eigenvalue weighted by atomic mass is 9.65. The highest BCUT2D eigenvalue weighted by atomic mass is 14.5. The Morgan fingerprint density at radius 3 is 2.45 bits per heavy atom. The summed E-state index contributed by atoms with van der Waals surface area (Å²) in [7, 11) is 0. The maximum absolute atomic E-state index is 2.45. The van der Waals surface area contributed by atoms with Crippen molar-refractivity contribution in [1.29, 1.82) is 0 Å². The summed E-state index contributed by atoms with van der Waals surface area (Å²) >= 11 is 0. The van der Waals surface area contributed by atoms with E-state index in [-0.39, 0.29) is 0 Å². The maximum atomic E-state index is 2.45. The summed E-state index contributed by atoms with van der Waals surface area (Å²) in [6, 6.07) is 0. The Kier molecular flexibility index (Phi) is 1.09. The zero-order valence-electron chi connectivity index (χ0n) is 7.22. The molecular formula is C11H16. The van der Waals surface area contributed by atoms with Crippen LogP contribution >= 0.6 is 0 Å². The number of hydrogen-bond donors (Lipinski definition) is 0. The third-order valence-corrected chi connectivity index (χ3v) is 4.20. The molecule has 0 amide bonds. The van der Waals surface area contributed by atoms with Crippen molar-refractivity contribution in [1.82, 2.24) is 0 Å². The molecule has 4 aliphatic rings. The Balaban J connectivity index is 1.75. The zero-order chi connectivity index (χ0) is 7.42. The SMILES string of the molecule is CC(C1=CC1)C1C2CCC1C2. The number of fused-ring (bicyclic) bond motifs is 1. The van der Waals surface area contributed by atoms with Crippen LogP contribution in [-0.4, -0.2) is 0 Å². The predicted molar refractivity (Wildman–Crippen MR) is 46.2 cm³/mol. The van der Waals surface area contributed by atoms with E-state index in [1.165, 1.54) is 6.42 Å². The molecule has 3 saturated carbocycles. The van der Waals surface area contributed by atoms with Crippen molar-refractivity contribution in [3.63, 3.8) is 0 Å². The Labute approximate surface area is 68.7 Å². The van der Waals surface area contributed by atoms with E-state index in [9.17, 15) is 0 Å². The molecule has 60 valence electrons. The van der Waals surface area contributed by atoms with Gasteiger partial charge in [-0.15, -0.1) is 0 Å². The summed E-state index contributed by atoms with van der Waals surface area (Å²) in [6.45, 7) is 2.45. The Hall–Kier alpha value is -0.260. The average molecular weight is 148 g/mol. The van der Waals surface area contributed by atoms with Crippen molar-refractivity contribution >= 4 is 0 Å². The maximum Gasteiger partial charge on any atom is -0.0133 e. The first-order valence-electron chi connectivity index (χ1n) is 5.05. The van der Waals surface area contributed by atoms with Crippen LogP contribution in [0.2, 0.25) is 0 Å². The van der Waals surface area contributed by atoms with Crippen LogP contribution in [-0.2, 0) is 0 Å². The molecule has 0 spiro atoms. The molecule has 0 aromatic carbocycles. The summed E-state index contributed by atoms with van der Waals surface area (Å²) in [5, 5.41) is 0. The van der Waals surface area contributed by atoms with Crippen molar-refractivity contribution in [3.05, 3.63) is 11.6 Å². The monoisotopic (exact) mass is 148 g/mol. The highest BCUT2D eigenvalue weighted by Crippen LogP contribution is 2.58. The molecule has 3 unspecified atom stereocenters. The predicted octanol–water partition coefficient (Wildman–Crippen LogP) is 3.00. The van der Waals surface area contributed by atoms with E-state index in [1.54, 1.807) is 24.8 Å². The van der Waals surface area contributed by atoms with Crippen LogP contribution in [0.5, 0.6) is 0 Å². The molecule has 3 fully saturated rings. The van der Waals surface area contributed by atoms with Gasteiger partial charge >= 0.3 is 0 Å².